The molecule has 1 rings (SSSR count). The fourth-order valence-corrected chi connectivity index (χ4v) is 6.19. The van der Waals surface area contributed by atoms with Crippen LogP contribution in [0.2, 0.25) is 0 Å². The van der Waals surface area contributed by atoms with Crippen LogP contribution in [0.3, 0.4) is 0 Å². The molecule has 0 spiro atoms. The fraction of sp³-hybridized carbons (Fsp3) is 0.818. The molecule has 0 bridgehead atoms. The standard InChI is InChI=1S/C33H60O4/c1-25(2)35-22-20-31(9,10)37-33(13,14)24-29(5,6)27-17-15-26(16-18-27)28(3,4)23-32(11,12)36-30(7,8)19-21-34/h15-18,25,34H,19-24H2,1-14H3. The Bertz CT molecular complexity index is 813. The van der Waals surface area contributed by atoms with Crippen molar-refractivity contribution in [2.75, 3.05) is 13.2 Å². The van der Waals surface area contributed by atoms with Crippen molar-refractivity contribution in [3.63, 3.8) is 0 Å². The third kappa shape index (κ3) is 12.2. The molecule has 216 valence electrons. The summed E-state index contributed by atoms with van der Waals surface area (Å²) in [6, 6.07) is 9.15. The molecule has 0 fully saturated rings. The van der Waals surface area contributed by atoms with Gasteiger partial charge in [-0.25, -0.2) is 0 Å². The molecule has 0 aromatic heterocycles. The van der Waals surface area contributed by atoms with Crippen LogP contribution in [0.4, 0.5) is 0 Å². The molecule has 0 saturated heterocycles. The molecule has 0 atom stereocenters. The van der Waals surface area contributed by atoms with E-state index in [4.69, 9.17) is 14.2 Å². The van der Waals surface area contributed by atoms with Crippen LogP contribution in [0.15, 0.2) is 24.3 Å². The summed E-state index contributed by atoms with van der Waals surface area (Å²) in [6.07, 6.45) is 3.54. The van der Waals surface area contributed by atoms with Crippen molar-refractivity contribution in [1.29, 1.82) is 0 Å². The second kappa shape index (κ2) is 12.5. The molecular formula is C33H60O4. The minimum absolute atomic E-state index is 0.0343. The van der Waals surface area contributed by atoms with Gasteiger partial charge in [-0.15, -0.1) is 0 Å². The molecule has 0 aliphatic rings. The second-order valence-electron chi connectivity index (χ2n) is 15.1. The van der Waals surface area contributed by atoms with Gasteiger partial charge in [0.25, 0.3) is 0 Å². The lowest BCUT2D eigenvalue weighted by Gasteiger charge is -2.42. The number of rotatable bonds is 16. The predicted molar refractivity (Wildman–Crippen MR) is 158 cm³/mol. The monoisotopic (exact) mass is 520 g/mol. The van der Waals surface area contributed by atoms with E-state index in [0.29, 0.717) is 13.0 Å². The van der Waals surface area contributed by atoms with Gasteiger partial charge in [0.2, 0.25) is 0 Å². The van der Waals surface area contributed by atoms with E-state index < -0.39 is 0 Å². The molecule has 4 heteroatoms. The second-order valence-corrected chi connectivity index (χ2v) is 15.1. The molecule has 0 aliphatic heterocycles. The van der Waals surface area contributed by atoms with Gasteiger partial charge in [0.05, 0.1) is 28.5 Å². The van der Waals surface area contributed by atoms with Gasteiger partial charge in [-0.1, -0.05) is 52.0 Å². The van der Waals surface area contributed by atoms with Crippen LogP contribution in [0.25, 0.3) is 0 Å². The van der Waals surface area contributed by atoms with Crippen molar-refractivity contribution in [3.05, 3.63) is 35.4 Å². The van der Waals surface area contributed by atoms with E-state index in [0.717, 1.165) is 19.3 Å². The van der Waals surface area contributed by atoms with Crippen LogP contribution in [-0.2, 0) is 25.0 Å². The lowest BCUT2D eigenvalue weighted by molar-refractivity contribution is -0.143. The fourth-order valence-electron chi connectivity index (χ4n) is 6.19. The Labute approximate surface area is 229 Å². The topological polar surface area (TPSA) is 47.9 Å². The number of hydrogen-bond acceptors (Lipinski definition) is 4. The highest BCUT2D eigenvalue weighted by atomic mass is 16.5. The highest BCUT2D eigenvalue weighted by molar-refractivity contribution is 5.32. The normalized spacial score (nSPS) is 14.5. The van der Waals surface area contributed by atoms with Crippen LogP contribution in [0, 0.1) is 0 Å². The molecule has 1 N–H and O–H groups in total. The van der Waals surface area contributed by atoms with Gasteiger partial charge in [0.1, 0.15) is 0 Å². The molecule has 0 heterocycles. The maximum atomic E-state index is 9.39. The third-order valence-corrected chi connectivity index (χ3v) is 7.16. The number of ether oxygens (including phenoxy) is 3. The summed E-state index contributed by atoms with van der Waals surface area (Å²) in [7, 11) is 0. The zero-order valence-corrected chi connectivity index (χ0v) is 26.8. The predicted octanol–water partition coefficient (Wildman–Crippen LogP) is 8.37. The van der Waals surface area contributed by atoms with Crippen LogP contribution in [0.1, 0.15) is 134 Å². The Morgan fingerprint density at radius 2 is 0.946 bits per heavy atom. The first-order chi connectivity index (χ1) is 16.5. The van der Waals surface area contributed by atoms with E-state index in [2.05, 4.69) is 121 Å². The molecule has 0 saturated carbocycles. The first-order valence-electron chi connectivity index (χ1n) is 14.3. The molecule has 37 heavy (non-hydrogen) atoms. The smallest absolute Gasteiger partial charge is 0.0655 e. The van der Waals surface area contributed by atoms with Crippen molar-refractivity contribution in [2.45, 2.75) is 162 Å². The first kappa shape index (κ1) is 34.1. The van der Waals surface area contributed by atoms with Gasteiger partial charge in [0.15, 0.2) is 0 Å². The Kier molecular flexibility index (Phi) is 11.5. The summed E-state index contributed by atoms with van der Waals surface area (Å²) in [5, 5.41) is 9.39. The molecular weight excluding hydrogens is 460 g/mol. The maximum Gasteiger partial charge on any atom is 0.0655 e. The van der Waals surface area contributed by atoms with Gasteiger partial charge >= 0.3 is 0 Å². The number of aliphatic hydroxyl groups excluding tert-OH is 1. The molecule has 0 aliphatic carbocycles. The summed E-state index contributed by atoms with van der Waals surface area (Å²) in [4.78, 5) is 0. The summed E-state index contributed by atoms with van der Waals surface area (Å²) in [5.74, 6) is 0. The average Bonchev–Trinajstić information content (AvgIpc) is 2.63. The van der Waals surface area contributed by atoms with E-state index in [9.17, 15) is 5.11 Å². The molecule has 1 aromatic rings. The number of aliphatic hydroxyl groups is 1. The molecule has 1 aromatic carbocycles. The highest BCUT2D eigenvalue weighted by Gasteiger charge is 2.37. The van der Waals surface area contributed by atoms with Crippen molar-refractivity contribution in [3.8, 4) is 0 Å². The molecule has 0 radical (unpaired) electrons. The SMILES string of the molecule is CC(C)OCCC(C)(C)OC(C)(C)CC(C)(C)c1ccc(C(C)(C)CC(C)(C)OC(C)(C)CCO)cc1. The summed E-state index contributed by atoms with van der Waals surface area (Å²) >= 11 is 0. The Morgan fingerprint density at radius 1 is 0.595 bits per heavy atom. The van der Waals surface area contributed by atoms with Crippen molar-refractivity contribution >= 4 is 0 Å². The molecule has 0 amide bonds. The van der Waals surface area contributed by atoms with E-state index in [-0.39, 0.29) is 45.9 Å². The number of benzene rings is 1. The largest absolute Gasteiger partial charge is 0.396 e. The Balaban J connectivity index is 2.93. The van der Waals surface area contributed by atoms with E-state index in [1.54, 1.807) is 0 Å². The van der Waals surface area contributed by atoms with Crippen LogP contribution in [0.5, 0.6) is 0 Å². The van der Waals surface area contributed by atoms with Gasteiger partial charge in [-0.2, -0.15) is 0 Å². The third-order valence-electron chi connectivity index (χ3n) is 7.16. The highest BCUT2D eigenvalue weighted by Crippen LogP contribution is 2.40. The van der Waals surface area contributed by atoms with Crippen LogP contribution >= 0.6 is 0 Å². The van der Waals surface area contributed by atoms with E-state index >= 15 is 0 Å². The van der Waals surface area contributed by atoms with Crippen LogP contribution in [-0.4, -0.2) is 46.8 Å². The maximum absolute atomic E-state index is 9.39. The van der Waals surface area contributed by atoms with Crippen molar-refractivity contribution < 1.29 is 19.3 Å². The zero-order chi connectivity index (χ0) is 28.9. The van der Waals surface area contributed by atoms with E-state index in [1.165, 1.54) is 11.1 Å². The van der Waals surface area contributed by atoms with Gasteiger partial charge in [-0.3, -0.25) is 0 Å². The van der Waals surface area contributed by atoms with Gasteiger partial charge in [0, 0.05) is 13.2 Å². The lowest BCUT2D eigenvalue weighted by atomic mass is 9.73. The van der Waals surface area contributed by atoms with Crippen molar-refractivity contribution in [2.24, 2.45) is 0 Å². The minimum atomic E-state index is -0.354. The molecule has 4 nitrogen and oxygen atoms in total. The first-order valence-corrected chi connectivity index (χ1v) is 14.3. The van der Waals surface area contributed by atoms with Gasteiger partial charge < -0.3 is 19.3 Å². The zero-order valence-electron chi connectivity index (χ0n) is 26.8. The summed E-state index contributed by atoms with van der Waals surface area (Å²) in [5.41, 5.74) is 1.37. The summed E-state index contributed by atoms with van der Waals surface area (Å²) < 4.78 is 18.9. The van der Waals surface area contributed by atoms with Gasteiger partial charge in [-0.05, 0) is 117 Å². The molecule has 0 unspecified atom stereocenters. The Hall–Kier alpha value is -0.940. The Morgan fingerprint density at radius 3 is 1.27 bits per heavy atom. The average molecular weight is 521 g/mol. The van der Waals surface area contributed by atoms with E-state index in [1.807, 2.05) is 0 Å². The minimum Gasteiger partial charge on any atom is -0.396 e. The quantitative estimate of drug-likeness (QED) is 0.238. The van der Waals surface area contributed by atoms with Crippen LogP contribution < -0.4 is 0 Å². The lowest BCUT2D eigenvalue weighted by Crippen LogP contribution is -2.42. The number of hydrogen-bond donors (Lipinski definition) is 1. The van der Waals surface area contributed by atoms with Crippen molar-refractivity contribution in [1.82, 2.24) is 0 Å². The summed E-state index contributed by atoms with van der Waals surface area (Å²) in [6.45, 7) is 31.4.